The van der Waals surface area contributed by atoms with E-state index < -0.39 is 0 Å². The summed E-state index contributed by atoms with van der Waals surface area (Å²) in [5.41, 5.74) is 7.81. The summed E-state index contributed by atoms with van der Waals surface area (Å²) in [6.07, 6.45) is 5.14. The third-order valence-corrected chi connectivity index (χ3v) is 5.66. The van der Waals surface area contributed by atoms with Crippen molar-refractivity contribution in [2.24, 2.45) is 23.0 Å². The molecule has 1 unspecified atom stereocenters. The highest BCUT2D eigenvalue weighted by molar-refractivity contribution is 5.43. The number of ether oxygens (including phenoxy) is 2. The third kappa shape index (κ3) is 4.20. The Kier molecular flexibility index (Phi) is 5.96. The molecule has 0 saturated heterocycles. The Bertz CT molecular complexity index is 499. The normalized spacial score (nSPS) is 23.4. The first-order valence-corrected chi connectivity index (χ1v) is 8.82. The second-order valence-electron chi connectivity index (χ2n) is 7.93. The van der Waals surface area contributed by atoms with Crippen LogP contribution in [0.4, 0.5) is 0 Å². The van der Waals surface area contributed by atoms with Gasteiger partial charge in [-0.15, -0.1) is 0 Å². The maximum atomic E-state index is 6.16. The first kappa shape index (κ1) is 18.1. The highest BCUT2D eigenvalue weighted by Gasteiger charge is 2.33. The maximum Gasteiger partial charge on any atom is 0.126 e. The maximum absolute atomic E-state index is 6.16. The number of benzene rings is 1. The molecule has 0 amide bonds. The summed E-state index contributed by atoms with van der Waals surface area (Å²) in [6.45, 7) is 7.77. The predicted octanol–water partition coefficient (Wildman–Crippen LogP) is 4.60. The lowest BCUT2D eigenvalue weighted by Gasteiger charge is -2.39. The highest BCUT2D eigenvalue weighted by Crippen LogP contribution is 2.45. The summed E-state index contributed by atoms with van der Waals surface area (Å²) in [5, 5.41) is 0. The molecule has 2 rings (SSSR count). The van der Waals surface area contributed by atoms with Crippen LogP contribution in [0, 0.1) is 17.3 Å². The zero-order valence-corrected chi connectivity index (χ0v) is 15.4. The average Bonchev–Trinajstić information content (AvgIpc) is 2.55. The zero-order chi connectivity index (χ0) is 17.0. The fourth-order valence-electron chi connectivity index (χ4n) is 4.09. The minimum Gasteiger partial charge on any atom is -0.497 e. The molecule has 1 atom stereocenters. The van der Waals surface area contributed by atoms with Crippen molar-refractivity contribution >= 4 is 0 Å². The molecule has 3 heteroatoms. The van der Waals surface area contributed by atoms with Gasteiger partial charge in [0.15, 0.2) is 0 Å². The molecule has 23 heavy (non-hydrogen) atoms. The minimum absolute atomic E-state index is 0.372. The van der Waals surface area contributed by atoms with Crippen LogP contribution in [0.5, 0.6) is 11.5 Å². The van der Waals surface area contributed by atoms with Crippen molar-refractivity contribution in [2.75, 3.05) is 20.8 Å². The number of nitrogens with two attached hydrogens (primary N) is 1. The third-order valence-electron chi connectivity index (χ3n) is 5.66. The first-order valence-electron chi connectivity index (χ1n) is 8.82. The quantitative estimate of drug-likeness (QED) is 0.862. The van der Waals surface area contributed by atoms with Crippen LogP contribution in [0.15, 0.2) is 18.2 Å². The Labute approximate surface area is 141 Å². The van der Waals surface area contributed by atoms with E-state index in [9.17, 15) is 0 Å². The predicted molar refractivity (Wildman–Crippen MR) is 96.2 cm³/mol. The van der Waals surface area contributed by atoms with E-state index in [-0.39, 0.29) is 0 Å². The monoisotopic (exact) mass is 319 g/mol. The SMILES string of the molecule is COc1ccc(C(CN)C2CCC(C(C)(C)C)CC2)c(OC)c1. The summed E-state index contributed by atoms with van der Waals surface area (Å²) in [7, 11) is 3.41. The summed E-state index contributed by atoms with van der Waals surface area (Å²) in [5.74, 6) is 3.59. The molecular formula is C20H33NO2. The van der Waals surface area contributed by atoms with Gasteiger partial charge in [-0.25, -0.2) is 0 Å². The van der Waals surface area contributed by atoms with Crippen LogP contribution in [0.3, 0.4) is 0 Å². The summed E-state index contributed by atoms with van der Waals surface area (Å²) >= 11 is 0. The second kappa shape index (κ2) is 7.57. The molecule has 1 aliphatic rings. The van der Waals surface area contributed by atoms with Crippen molar-refractivity contribution in [1.82, 2.24) is 0 Å². The molecule has 0 radical (unpaired) electrons. The van der Waals surface area contributed by atoms with E-state index >= 15 is 0 Å². The van der Waals surface area contributed by atoms with Gasteiger partial charge in [-0.2, -0.15) is 0 Å². The molecule has 0 heterocycles. The molecule has 0 aromatic heterocycles. The van der Waals surface area contributed by atoms with Crippen LogP contribution in [-0.2, 0) is 0 Å². The average molecular weight is 319 g/mol. The van der Waals surface area contributed by atoms with Gasteiger partial charge < -0.3 is 15.2 Å². The second-order valence-corrected chi connectivity index (χ2v) is 7.93. The molecule has 0 spiro atoms. The fourth-order valence-corrected chi connectivity index (χ4v) is 4.09. The molecule has 130 valence electrons. The van der Waals surface area contributed by atoms with Gasteiger partial charge in [0.2, 0.25) is 0 Å². The Balaban J connectivity index is 2.15. The largest absolute Gasteiger partial charge is 0.497 e. The minimum atomic E-state index is 0.372. The molecule has 0 bridgehead atoms. The van der Waals surface area contributed by atoms with Gasteiger partial charge >= 0.3 is 0 Å². The number of methoxy groups -OCH3 is 2. The molecule has 1 saturated carbocycles. The van der Waals surface area contributed by atoms with Crippen LogP contribution in [0.25, 0.3) is 0 Å². The number of rotatable bonds is 5. The van der Waals surface area contributed by atoms with Crippen molar-refractivity contribution < 1.29 is 9.47 Å². The Morgan fingerprint density at radius 3 is 2.22 bits per heavy atom. The van der Waals surface area contributed by atoms with E-state index in [1.54, 1.807) is 14.2 Å². The Hall–Kier alpha value is -1.22. The number of hydrogen-bond donors (Lipinski definition) is 1. The lowest BCUT2D eigenvalue weighted by Crippen LogP contribution is -2.30. The van der Waals surface area contributed by atoms with Crippen molar-refractivity contribution in [3.05, 3.63) is 23.8 Å². The van der Waals surface area contributed by atoms with Crippen LogP contribution >= 0.6 is 0 Å². The summed E-state index contributed by atoms with van der Waals surface area (Å²) in [6, 6.07) is 6.12. The van der Waals surface area contributed by atoms with Crippen molar-refractivity contribution in [3.63, 3.8) is 0 Å². The first-order chi connectivity index (χ1) is 10.9. The molecule has 2 N–H and O–H groups in total. The van der Waals surface area contributed by atoms with E-state index in [4.69, 9.17) is 15.2 Å². The van der Waals surface area contributed by atoms with Gasteiger partial charge in [-0.3, -0.25) is 0 Å². The summed E-state index contributed by atoms with van der Waals surface area (Å²) in [4.78, 5) is 0. The van der Waals surface area contributed by atoms with Gasteiger partial charge in [0.1, 0.15) is 11.5 Å². The lowest BCUT2D eigenvalue weighted by molar-refractivity contribution is 0.139. The van der Waals surface area contributed by atoms with Gasteiger partial charge in [0.25, 0.3) is 0 Å². The van der Waals surface area contributed by atoms with E-state index in [2.05, 4.69) is 26.8 Å². The standard InChI is InChI=1S/C20H33NO2/c1-20(2,3)15-8-6-14(7-9-15)18(13-21)17-11-10-16(22-4)12-19(17)23-5/h10-12,14-15,18H,6-9,13,21H2,1-5H3. The van der Waals surface area contributed by atoms with Crippen LogP contribution in [0.1, 0.15) is 57.9 Å². The van der Waals surface area contributed by atoms with Gasteiger partial charge in [-0.1, -0.05) is 26.8 Å². The van der Waals surface area contributed by atoms with Crippen molar-refractivity contribution in [1.29, 1.82) is 0 Å². The van der Waals surface area contributed by atoms with Crippen LogP contribution in [-0.4, -0.2) is 20.8 Å². The van der Waals surface area contributed by atoms with Crippen LogP contribution < -0.4 is 15.2 Å². The molecule has 1 fully saturated rings. The topological polar surface area (TPSA) is 44.5 Å². The number of hydrogen-bond acceptors (Lipinski definition) is 3. The molecular weight excluding hydrogens is 286 g/mol. The van der Waals surface area contributed by atoms with Gasteiger partial charge in [-0.05, 0) is 61.1 Å². The molecule has 1 aromatic rings. The smallest absolute Gasteiger partial charge is 0.126 e. The van der Waals surface area contributed by atoms with Crippen molar-refractivity contribution in [3.8, 4) is 11.5 Å². The lowest BCUT2D eigenvalue weighted by atomic mass is 9.66. The van der Waals surface area contributed by atoms with Gasteiger partial charge in [0, 0.05) is 12.0 Å². The fraction of sp³-hybridized carbons (Fsp3) is 0.700. The van der Waals surface area contributed by atoms with Crippen LogP contribution in [0.2, 0.25) is 0 Å². The molecule has 1 aromatic carbocycles. The Morgan fingerprint density at radius 1 is 1.09 bits per heavy atom. The summed E-state index contributed by atoms with van der Waals surface area (Å²) < 4.78 is 10.9. The van der Waals surface area contributed by atoms with E-state index in [1.165, 1.54) is 31.2 Å². The van der Waals surface area contributed by atoms with E-state index in [0.29, 0.717) is 23.8 Å². The molecule has 3 nitrogen and oxygen atoms in total. The highest BCUT2D eigenvalue weighted by atomic mass is 16.5. The van der Waals surface area contributed by atoms with E-state index in [0.717, 1.165) is 17.4 Å². The molecule has 0 aliphatic heterocycles. The van der Waals surface area contributed by atoms with Crippen molar-refractivity contribution in [2.45, 2.75) is 52.4 Å². The molecule has 1 aliphatic carbocycles. The zero-order valence-electron chi connectivity index (χ0n) is 15.4. The Morgan fingerprint density at radius 2 is 1.74 bits per heavy atom. The van der Waals surface area contributed by atoms with Gasteiger partial charge in [0.05, 0.1) is 14.2 Å². The van der Waals surface area contributed by atoms with E-state index in [1.807, 2.05) is 12.1 Å².